The van der Waals surface area contributed by atoms with Crippen LogP contribution in [0.25, 0.3) is 0 Å². The first-order chi connectivity index (χ1) is 11.5. The molecule has 0 spiro atoms. The molecule has 1 saturated carbocycles. The number of anilines is 1. The number of carbonyl (C=O) groups is 2. The first-order valence-electron chi connectivity index (χ1n) is 8.20. The highest BCUT2D eigenvalue weighted by Gasteiger charge is 2.42. The molecule has 24 heavy (non-hydrogen) atoms. The highest BCUT2D eigenvalue weighted by Crippen LogP contribution is 2.43. The zero-order valence-corrected chi connectivity index (χ0v) is 14.3. The first kappa shape index (κ1) is 18.3. The summed E-state index contributed by atoms with van der Waals surface area (Å²) >= 11 is 0. The molecule has 0 aromatic heterocycles. The number of carboxylic acid groups (broad SMARTS) is 1. The van der Waals surface area contributed by atoms with Gasteiger partial charge in [0, 0.05) is 26.5 Å². The lowest BCUT2D eigenvalue weighted by Gasteiger charge is -2.32. The number of aliphatic carboxylic acids is 1. The number of ether oxygens (including phenoxy) is 2. The second kappa shape index (κ2) is 8.15. The van der Waals surface area contributed by atoms with Gasteiger partial charge in [-0.1, -0.05) is 12.8 Å². The molecule has 132 valence electrons. The molecule has 1 aromatic rings. The van der Waals surface area contributed by atoms with E-state index in [0.717, 1.165) is 37.8 Å². The van der Waals surface area contributed by atoms with Gasteiger partial charge in [0.05, 0.1) is 5.41 Å². The summed E-state index contributed by atoms with van der Waals surface area (Å²) in [4.78, 5) is 25.2. The Morgan fingerprint density at radius 2 is 1.83 bits per heavy atom. The van der Waals surface area contributed by atoms with Crippen molar-refractivity contribution in [2.24, 2.45) is 5.41 Å². The van der Waals surface area contributed by atoms with Crippen LogP contribution in [0.2, 0.25) is 0 Å². The number of hydrogen-bond donors (Lipinski definition) is 1. The zero-order chi connectivity index (χ0) is 17.6. The Labute approximate surface area is 142 Å². The number of nitrogens with zero attached hydrogens (tertiary/aromatic N) is 1. The van der Waals surface area contributed by atoms with Gasteiger partial charge in [0.2, 0.25) is 5.91 Å². The van der Waals surface area contributed by atoms with E-state index in [9.17, 15) is 9.59 Å². The molecule has 2 rings (SSSR count). The van der Waals surface area contributed by atoms with Crippen molar-refractivity contribution in [3.8, 4) is 5.75 Å². The van der Waals surface area contributed by atoms with Crippen molar-refractivity contribution in [2.75, 3.05) is 32.3 Å². The Morgan fingerprint density at radius 3 is 2.38 bits per heavy atom. The Balaban J connectivity index is 2.07. The summed E-state index contributed by atoms with van der Waals surface area (Å²) < 4.78 is 10.3. The van der Waals surface area contributed by atoms with Gasteiger partial charge in [-0.2, -0.15) is 0 Å². The minimum Gasteiger partial charge on any atom is -0.482 e. The second-order valence-electron chi connectivity index (χ2n) is 6.27. The molecule has 1 N–H and O–H groups in total. The normalized spacial score (nSPS) is 15.9. The highest BCUT2D eigenvalue weighted by molar-refractivity contribution is 5.97. The maximum absolute atomic E-state index is 13.0. The molecule has 0 aliphatic heterocycles. The molecular formula is C18H25NO5. The van der Waals surface area contributed by atoms with Crippen LogP contribution in [0.5, 0.6) is 5.75 Å². The third-order valence-electron chi connectivity index (χ3n) is 4.69. The number of amides is 1. The van der Waals surface area contributed by atoms with Gasteiger partial charge in [0.15, 0.2) is 6.61 Å². The molecule has 6 nitrogen and oxygen atoms in total. The molecule has 0 heterocycles. The molecule has 0 radical (unpaired) electrons. The molecular weight excluding hydrogens is 310 g/mol. The maximum Gasteiger partial charge on any atom is 0.341 e. The standard InChI is InChI=1S/C18H25NO5/c1-19(14-5-7-15(8-6-14)24-13-16(20)21)17(22)18(11-12-23-2)9-3-4-10-18/h5-8H,3-4,9-13H2,1-2H3,(H,20,21). The average Bonchev–Trinajstić information content (AvgIpc) is 3.07. The second-order valence-corrected chi connectivity index (χ2v) is 6.27. The van der Waals surface area contributed by atoms with Crippen LogP contribution in [0.4, 0.5) is 5.69 Å². The van der Waals surface area contributed by atoms with E-state index >= 15 is 0 Å². The zero-order valence-electron chi connectivity index (χ0n) is 14.3. The summed E-state index contributed by atoms with van der Waals surface area (Å²) in [6, 6.07) is 6.90. The van der Waals surface area contributed by atoms with Crippen LogP contribution in [-0.2, 0) is 14.3 Å². The molecule has 1 amide bonds. The van der Waals surface area contributed by atoms with E-state index in [1.54, 1.807) is 43.3 Å². The number of carbonyl (C=O) groups excluding carboxylic acids is 1. The predicted molar refractivity (Wildman–Crippen MR) is 90.4 cm³/mol. The molecule has 0 bridgehead atoms. The molecule has 0 unspecified atom stereocenters. The summed E-state index contributed by atoms with van der Waals surface area (Å²) in [5, 5.41) is 8.62. The van der Waals surface area contributed by atoms with Crippen LogP contribution in [0.3, 0.4) is 0 Å². The van der Waals surface area contributed by atoms with Crippen molar-refractivity contribution in [3.05, 3.63) is 24.3 Å². The molecule has 1 aromatic carbocycles. The lowest BCUT2D eigenvalue weighted by atomic mass is 9.81. The predicted octanol–water partition coefficient (Wildman–Crippen LogP) is 2.71. The first-order valence-corrected chi connectivity index (χ1v) is 8.20. The van der Waals surface area contributed by atoms with Crippen LogP contribution < -0.4 is 9.64 Å². The summed E-state index contributed by atoms with van der Waals surface area (Å²) in [6.07, 6.45) is 4.70. The molecule has 6 heteroatoms. The topological polar surface area (TPSA) is 76.1 Å². The van der Waals surface area contributed by atoms with Gasteiger partial charge in [0.25, 0.3) is 0 Å². The van der Waals surface area contributed by atoms with Crippen molar-refractivity contribution < 1.29 is 24.2 Å². The summed E-state index contributed by atoms with van der Waals surface area (Å²) in [6.45, 7) is 0.204. The van der Waals surface area contributed by atoms with Crippen LogP contribution in [0.15, 0.2) is 24.3 Å². The van der Waals surface area contributed by atoms with E-state index in [1.807, 2.05) is 0 Å². The third-order valence-corrected chi connectivity index (χ3v) is 4.69. The Bertz CT molecular complexity index is 563. The minimum atomic E-state index is -1.02. The van der Waals surface area contributed by atoms with Gasteiger partial charge in [0.1, 0.15) is 5.75 Å². The summed E-state index contributed by atoms with van der Waals surface area (Å²) in [7, 11) is 3.44. The molecule has 0 atom stereocenters. The summed E-state index contributed by atoms with van der Waals surface area (Å²) in [5.41, 5.74) is 0.440. The minimum absolute atomic E-state index is 0.122. The largest absolute Gasteiger partial charge is 0.482 e. The van der Waals surface area contributed by atoms with E-state index < -0.39 is 5.97 Å². The van der Waals surface area contributed by atoms with Crippen molar-refractivity contribution in [1.29, 1.82) is 0 Å². The van der Waals surface area contributed by atoms with E-state index in [4.69, 9.17) is 14.6 Å². The third kappa shape index (κ3) is 4.26. The number of benzene rings is 1. The number of hydrogen-bond acceptors (Lipinski definition) is 4. The number of methoxy groups -OCH3 is 1. The van der Waals surface area contributed by atoms with Gasteiger partial charge in [-0.25, -0.2) is 4.79 Å². The SMILES string of the molecule is COCCC1(C(=O)N(C)c2ccc(OCC(=O)O)cc2)CCCC1. The lowest BCUT2D eigenvalue weighted by molar-refractivity contribution is -0.139. The fraction of sp³-hybridized carbons (Fsp3) is 0.556. The van der Waals surface area contributed by atoms with Crippen molar-refractivity contribution in [2.45, 2.75) is 32.1 Å². The Hall–Kier alpha value is -2.08. The van der Waals surface area contributed by atoms with Gasteiger partial charge < -0.3 is 19.5 Å². The highest BCUT2D eigenvalue weighted by atomic mass is 16.5. The van der Waals surface area contributed by atoms with Gasteiger partial charge in [-0.3, -0.25) is 4.79 Å². The summed E-state index contributed by atoms with van der Waals surface area (Å²) in [5.74, 6) is -0.430. The fourth-order valence-corrected chi connectivity index (χ4v) is 3.30. The Morgan fingerprint density at radius 1 is 1.21 bits per heavy atom. The van der Waals surface area contributed by atoms with Crippen LogP contribution in [0.1, 0.15) is 32.1 Å². The van der Waals surface area contributed by atoms with Crippen LogP contribution >= 0.6 is 0 Å². The van der Waals surface area contributed by atoms with Crippen molar-refractivity contribution in [1.82, 2.24) is 0 Å². The van der Waals surface area contributed by atoms with E-state index in [1.165, 1.54) is 0 Å². The monoisotopic (exact) mass is 335 g/mol. The number of carboxylic acids is 1. The van der Waals surface area contributed by atoms with E-state index in [2.05, 4.69) is 0 Å². The van der Waals surface area contributed by atoms with E-state index in [0.29, 0.717) is 12.4 Å². The molecule has 0 saturated heterocycles. The van der Waals surface area contributed by atoms with Crippen LogP contribution in [0, 0.1) is 5.41 Å². The lowest BCUT2D eigenvalue weighted by Crippen LogP contribution is -2.41. The Kier molecular flexibility index (Phi) is 6.20. The van der Waals surface area contributed by atoms with Crippen LogP contribution in [-0.4, -0.2) is 44.4 Å². The van der Waals surface area contributed by atoms with Gasteiger partial charge in [-0.15, -0.1) is 0 Å². The molecule has 1 fully saturated rings. The average molecular weight is 335 g/mol. The molecule has 1 aliphatic carbocycles. The fourth-order valence-electron chi connectivity index (χ4n) is 3.30. The van der Waals surface area contributed by atoms with E-state index in [-0.39, 0.29) is 17.9 Å². The number of rotatable bonds is 8. The van der Waals surface area contributed by atoms with Gasteiger partial charge in [-0.05, 0) is 43.5 Å². The van der Waals surface area contributed by atoms with Crippen molar-refractivity contribution in [3.63, 3.8) is 0 Å². The van der Waals surface area contributed by atoms with Gasteiger partial charge >= 0.3 is 5.97 Å². The molecule has 1 aliphatic rings. The smallest absolute Gasteiger partial charge is 0.341 e. The van der Waals surface area contributed by atoms with Crippen molar-refractivity contribution >= 4 is 17.6 Å². The quantitative estimate of drug-likeness (QED) is 0.790. The maximum atomic E-state index is 13.0.